The zero-order valence-corrected chi connectivity index (χ0v) is 12.9. The lowest BCUT2D eigenvalue weighted by Gasteiger charge is -2.08. The average Bonchev–Trinajstić information content (AvgIpc) is 2.89. The molecule has 0 aliphatic carbocycles. The van der Waals surface area contributed by atoms with Crippen molar-refractivity contribution < 1.29 is 14.9 Å². The molecule has 0 aliphatic heterocycles. The number of nitrogens with one attached hydrogen (secondary N) is 1. The number of phenols is 2. The van der Waals surface area contributed by atoms with Crippen molar-refractivity contribution in [2.24, 2.45) is 0 Å². The fourth-order valence-electron chi connectivity index (χ4n) is 1.91. The Morgan fingerprint density at radius 1 is 1.05 bits per heavy atom. The van der Waals surface area contributed by atoms with Crippen LogP contribution >= 0.6 is 22.6 Å². The van der Waals surface area contributed by atoms with Gasteiger partial charge in [-0.3, -0.25) is 5.10 Å². The molecular formula is C15H11IN2O3. The van der Waals surface area contributed by atoms with Gasteiger partial charge in [-0.1, -0.05) is 0 Å². The fraction of sp³-hybridized carbons (Fsp3) is 0. The van der Waals surface area contributed by atoms with Gasteiger partial charge >= 0.3 is 0 Å². The predicted molar refractivity (Wildman–Crippen MR) is 86.6 cm³/mol. The van der Waals surface area contributed by atoms with Crippen molar-refractivity contribution in [3.05, 3.63) is 52.2 Å². The van der Waals surface area contributed by atoms with Gasteiger partial charge in [-0.15, -0.1) is 0 Å². The van der Waals surface area contributed by atoms with E-state index in [1.165, 1.54) is 12.1 Å². The quantitative estimate of drug-likeness (QED) is 0.590. The van der Waals surface area contributed by atoms with E-state index < -0.39 is 0 Å². The number of phenolic OH excluding ortho intramolecular Hbond substituents is 2. The number of aromatic hydroxyl groups is 2. The Morgan fingerprint density at radius 2 is 1.81 bits per heavy atom. The van der Waals surface area contributed by atoms with E-state index in [0.717, 1.165) is 3.57 Å². The molecule has 3 aromatic rings. The maximum Gasteiger partial charge on any atom is 0.173 e. The van der Waals surface area contributed by atoms with Gasteiger partial charge in [0.2, 0.25) is 0 Å². The van der Waals surface area contributed by atoms with Gasteiger partial charge in [0.15, 0.2) is 5.75 Å². The first kappa shape index (κ1) is 13.7. The summed E-state index contributed by atoms with van der Waals surface area (Å²) >= 11 is 2.22. The van der Waals surface area contributed by atoms with Gasteiger partial charge in [-0.05, 0) is 59.0 Å². The molecule has 0 aliphatic rings. The molecule has 0 spiro atoms. The highest BCUT2D eigenvalue weighted by molar-refractivity contribution is 14.1. The van der Waals surface area contributed by atoms with Crippen LogP contribution in [0.4, 0.5) is 0 Å². The van der Waals surface area contributed by atoms with Crippen molar-refractivity contribution in [2.75, 3.05) is 0 Å². The van der Waals surface area contributed by atoms with Crippen LogP contribution in [0, 0.1) is 3.57 Å². The second-order valence-electron chi connectivity index (χ2n) is 4.37. The summed E-state index contributed by atoms with van der Waals surface area (Å²) in [7, 11) is 0. The molecule has 106 valence electrons. The van der Waals surface area contributed by atoms with E-state index in [4.69, 9.17) is 4.74 Å². The minimum Gasteiger partial charge on any atom is -0.508 e. The minimum absolute atomic E-state index is 0.00383. The Balaban J connectivity index is 1.95. The molecule has 1 aromatic heterocycles. The Labute approximate surface area is 134 Å². The van der Waals surface area contributed by atoms with Crippen molar-refractivity contribution in [1.29, 1.82) is 0 Å². The molecule has 21 heavy (non-hydrogen) atoms. The molecule has 1 heterocycles. The van der Waals surface area contributed by atoms with Crippen LogP contribution in [-0.2, 0) is 0 Å². The standard InChI is InChI=1S/C15H11IN2O3/c16-9-1-4-11(5-2-9)21-14-8-17-18-15(14)12-6-3-10(19)7-13(12)20/h1-8,19-20H,(H,17,18). The average molecular weight is 394 g/mol. The van der Waals surface area contributed by atoms with E-state index in [0.29, 0.717) is 22.8 Å². The second kappa shape index (κ2) is 5.65. The van der Waals surface area contributed by atoms with Gasteiger partial charge in [0.05, 0.1) is 6.20 Å². The lowest BCUT2D eigenvalue weighted by atomic mass is 10.1. The summed E-state index contributed by atoms with van der Waals surface area (Å²) in [5.74, 6) is 1.12. The summed E-state index contributed by atoms with van der Waals surface area (Å²) in [5, 5.41) is 26.0. The van der Waals surface area contributed by atoms with Crippen molar-refractivity contribution in [1.82, 2.24) is 10.2 Å². The topological polar surface area (TPSA) is 78.4 Å². The highest BCUT2D eigenvalue weighted by Gasteiger charge is 2.14. The Morgan fingerprint density at radius 3 is 2.52 bits per heavy atom. The smallest absolute Gasteiger partial charge is 0.173 e. The Hall–Kier alpha value is -2.22. The van der Waals surface area contributed by atoms with Crippen LogP contribution in [0.1, 0.15) is 0 Å². The van der Waals surface area contributed by atoms with Gasteiger partial charge in [0, 0.05) is 15.2 Å². The van der Waals surface area contributed by atoms with Gasteiger partial charge in [-0.2, -0.15) is 5.10 Å². The van der Waals surface area contributed by atoms with Gasteiger partial charge in [0.25, 0.3) is 0 Å². The largest absolute Gasteiger partial charge is 0.508 e. The summed E-state index contributed by atoms with van der Waals surface area (Å²) < 4.78 is 6.89. The van der Waals surface area contributed by atoms with Crippen molar-refractivity contribution in [3.63, 3.8) is 0 Å². The first-order valence-corrected chi connectivity index (χ1v) is 7.20. The van der Waals surface area contributed by atoms with E-state index >= 15 is 0 Å². The van der Waals surface area contributed by atoms with E-state index in [9.17, 15) is 10.2 Å². The summed E-state index contributed by atoms with van der Waals surface area (Å²) in [6.45, 7) is 0. The third kappa shape index (κ3) is 2.94. The SMILES string of the molecule is Oc1ccc(-c2[nH]ncc2Oc2ccc(I)cc2)c(O)c1. The summed E-state index contributed by atoms with van der Waals surface area (Å²) in [4.78, 5) is 0. The van der Waals surface area contributed by atoms with Crippen LogP contribution in [-0.4, -0.2) is 20.4 Å². The van der Waals surface area contributed by atoms with Gasteiger partial charge in [-0.25, -0.2) is 0 Å². The molecule has 0 atom stereocenters. The zero-order chi connectivity index (χ0) is 14.8. The number of hydrogen-bond donors (Lipinski definition) is 3. The number of hydrogen-bond acceptors (Lipinski definition) is 4. The van der Waals surface area contributed by atoms with Gasteiger partial charge in [0.1, 0.15) is 22.9 Å². The second-order valence-corrected chi connectivity index (χ2v) is 5.61. The number of ether oxygens (including phenoxy) is 1. The highest BCUT2D eigenvalue weighted by atomic mass is 127. The van der Waals surface area contributed by atoms with E-state index in [1.54, 1.807) is 12.3 Å². The first-order chi connectivity index (χ1) is 10.1. The van der Waals surface area contributed by atoms with Crippen LogP contribution in [0.15, 0.2) is 48.7 Å². The maximum absolute atomic E-state index is 9.93. The number of nitrogens with zero attached hydrogens (tertiary/aromatic N) is 1. The van der Waals surface area contributed by atoms with Crippen molar-refractivity contribution >= 4 is 22.6 Å². The number of H-pyrrole nitrogens is 1. The molecule has 0 unspecified atom stereocenters. The third-order valence-electron chi connectivity index (χ3n) is 2.90. The molecule has 0 radical (unpaired) electrons. The molecule has 3 N–H and O–H groups in total. The predicted octanol–water partition coefficient (Wildman–Crippen LogP) is 3.88. The first-order valence-electron chi connectivity index (χ1n) is 6.12. The zero-order valence-electron chi connectivity index (χ0n) is 10.7. The monoisotopic (exact) mass is 394 g/mol. The summed E-state index contributed by atoms with van der Waals surface area (Å²) in [5.41, 5.74) is 1.05. The molecule has 3 rings (SSSR count). The maximum atomic E-state index is 9.93. The third-order valence-corrected chi connectivity index (χ3v) is 3.62. The molecule has 0 bridgehead atoms. The molecule has 0 fully saturated rings. The number of benzene rings is 2. The number of aromatic nitrogens is 2. The van der Waals surface area contributed by atoms with E-state index in [-0.39, 0.29) is 11.5 Å². The molecule has 0 saturated heterocycles. The van der Waals surface area contributed by atoms with Crippen LogP contribution in [0.2, 0.25) is 0 Å². The number of halogens is 1. The summed E-state index contributed by atoms with van der Waals surface area (Å²) in [6, 6.07) is 11.9. The fourth-order valence-corrected chi connectivity index (χ4v) is 2.27. The van der Waals surface area contributed by atoms with E-state index in [2.05, 4.69) is 32.8 Å². The normalized spacial score (nSPS) is 10.5. The Bertz CT molecular complexity index is 769. The van der Waals surface area contributed by atoms with Crippen molar-refractivity contribution in [3.8, 4) is 34.3 Å². The summed E-state index contributed by atoms with van der Waals surface area (Å²) in [6.07, 6.45) is 1.54. The molecule has 0 saturated carbocycles. The number of aromatic amines is 1. The van der Waals surface area contributed by atoms with Crippen LogP contribution in [0.25, 0.3) is 11.3 Å². The van der Waals surface area contributed by atoms with E-state index in [1.807, 2.05) is 24.3 Å². The van der Waals surface area contributed by atoms with Crippen LogP contribution in [0.3, 0.4) is 0 Å². The van der Waals surface area contributed by atoms with Crippen LogP contribution < -0.4 is 4.74 Å². The van der Waals surface area contributed by atoms with Crippen molar-refractivity contribution in [2.45, 2.75) is 0 Å². The Kier molecular flexibility index (Phi) is 3.70. The molecule has 2 aromatic carbocycles. The van der Waals surface area contributed by atoms with Gasteiger partial charge < -0.3 is 14.9 Å². The molecular weight excluding hydrogens is 383 g/mol. The van der Waals surface area contributed by atoms with Crippen LogP contribution in [0.5, 0.6) is 23.0 Å². The number of rotatable bonds is 3. The minimum atomic E-state index is -0.0493. The molecule has 5 nitrogen and oxygen atoms in total. The highest BCUT2D eigenvalue weighted by Crippen LogP contribution is 2.37. The molecule has 6 heteroatoms. The lowest BCUT2D eigenvalue weighted by molar-refractivity contribution is 0.450. The lowest BCUT2D eigenvalue weighted by Crippen LogP contribution is -1.87. The molecule has 0 amide bonds.